The summed E-state index contributed by atoms with van der Waals surface area (Å²) in [6.45, 7) is 4.83. The molecule has 3 aromatic rings. The lowest BCUT2D eigenvalue weighted by molar-refractivity contribution is 0.0750. The van der Waals surface area contributed by atoms with Crippen LogP contribution in [0.1, 0.15) is 39.8 Å². The fourth-order valence-electron chi connectivity index (χ4n) is 3.68. The Morgan fingerprint density at radius 3 is 2.41 bits per heavy atom. The van der Waals surface area contributed by atoms with E-state index in [9.17, 15) is 4.79 Å². The molecule has 0 N–H and O–H groups in total. The lowest BCUT2D eigenvalue weighted by atomic mass is 10.2. The van der Waals surface area contributed by atoms with Gasteiger partial charge in [0.05, 0.1) is 11.4 Å². The van der Waals surface area contributed by atoms with Crippen molar-refractivity contribution >= 4 is 23.1 Å². The minimum absolute atomic E-state index is 0.0806. The number of rotatable bonds is 4. The maximum atomic E-state index is 13.1. The number of hydrogen-bond acceptors (Lipinski definition) is 6. The van der Waals surface area contributed by atoms with E-state index in [1.807, 2.05) is 42.2 Å². The Kier molecular flexibility index (Phi) is 4.75. The highest BCUT2D eigenvalue weighted by Crippen LogP contribution is 2.38. The van der Waals surface area contributed by atoms with Crippen molar-refractivity contribution in [3.05, 3.63) is 58.7 Å². The Bertz CT molecular complexity index is 1010. The molecule has 1 aliphatic heterocycles. The predicted molar refractivity (Wildman–Crippen MR) is 114 cm³/mol. The van der Waals surface area contributed by atoms with E-state index in [-0.39, 0.29) is 5.91 Å². The molecule has 1 amide bonds. The van der Waals surface area contributed by atoms with E-state index in [1.165, 1.54) is 24.2 Å². The molecule has 2 fully saturated rings. The molecule has 2 aromatic heterocycles. The van der Waals surface area contributed by atoms with Crippen LogP contribution in [-0.2, 0) is 0 Å². The lowest BCUT2D eigenvalue weighted by Gasteiger charge is -2.35. The van der Waals surface area contributed by atoms with Crippen molar-refractivity contribution in [1.29, 1.82) is 0 Å². The maximum Gasteiger partial charge on any atom is 0.265 e. The summed E-state index contributed by atoms with van der Waals surface area (Å²) in [6, 6.07) is 14.2. The van der Waals surface area contributed by atoms with Crippen molar-refractivity contribution in [3.8, 4) is 10.6 Å². The summed E-state index contributed by atoms with van der Waals surface area (Å²) in [6.07, 6.45) is 2.47. The van der Waals surface area contributed by atoms with Gasteiger partial charge in [0.25, 0.3) is 5.91 Å². The number of aryl methyl sites for hydroxylation is 1. The molecule has 0 bridgehead atoms. The lowest BCUT2D eigenvalue weighted by Crippen LogP contribution is -2.49. The standard InChI is InChI=1S/C22H23N5OS/c1-15-20(29-21(23-15)17-5-3-2-4-6-17)22(28)27-13-11-26(12-14-27)19-10-9-18(24-25-19)16-7-8-16/h2-6,9-10,16H,7-8,11-14H2,1H3. The average molecular weight is 406 g/mol. The molecule has 0 spiro atoms. The zero-order chi connectivity index (χ0) is 19.8. The van der Waals surface area contributed by atoms with Crippen LogP contribution < -0.4 is 4.90 Å². The van der Waals surface area contributed by atoms with Gasteiger partial charge in [0.15, 0.2) is 5.82 Å². The number of amides is 1. The first kappa shape index (κ1) is 18.2. The molecule has 3 heterocycles. The molecule has 1 aromatic carbocycles. The highest BCUT2D eigenvalue weighted by Gasteiger charge is 2.28. The molecule has 148 valence electrons. The quantitative estimate of drug-likeness (QED) is 0.662. The summed E-state index contributed by atoms with van der Waals surface area (Å²) in [5, 5.41) is 9.69. The molecular weight excluding hydrogens is 382 g/mol. The molecule has 0 radical (unpaired) electrons. The summed E-state index contributed by atoms with van der Waals surface area (Å²) in [5.74, 6) is 1.60. The number of carbonyl (C=O) groups is 1. The molecule has 0 atom stereocenters. The van der Waals surface area contributed by atoms with Gasteiger partial charge in [0.2, 0.25) is 0 Å². The van der Waals surface area contributed by atoms with Gasteiger partial charge >= 0.3 is 0 Å². The monoisotopic (exact) mass is 405 g/mol. The molecule has 7 heteroatoms. The first-order chi connectivity index (χ1) is 14.2. The van der Waals surface area contributed by atoms with Crippen LogP contribution in [0.3, 0.4) is 0 Å². The van der Waals surface area contributed by atoms with E-state index in [0.717, 1.165) is 45.7 Å². The predicted octanol–water partition coefficient (Wildman–Crippen LogP) is 3.75. The summed E-state index contributed by atoms with van der Waals surface area (Å²) in [5.41, 5.74) is 2.97. The van der Waals surface area contributed by atoms with Gasteiger partial charge in [0, 0.05) is 37.7 Å². The van der Waals surface area contributed by atoms with Gasteiger partial charge in [-0.2, -0.15) is 5.10 Å². The van der Waals surface area contributed by atoms with E-state index in [1.54, 1.807) is 0 Å². The fourth-order valence-corrected chi connectivity index (χ4v) is 4.72. The van der Waals surface area contributed by atoms with Crippen LogP contribution in [0.25, 0.3) is 10.6 Å². The van der Waals surface area contributed by atoms with E-state index in [0.29, 0.717) is 19.0 Å². The molecule has 1 saturated carbocycles. The largest absolute Gasteiger partial charge is 0.352 e. The van der Waals surface area contributed by atoms with Crippen molar-refractivity contribution < 1.29 is 4.79 Å². The van der Waals surface area contributed by atoms with Crippen LogP contribution in [0.2, 0.25) is 0 Å². The summed E-state index contributed by atoms with van der Waals surface area (Å²) < 4.78 is 0. The second-order valence-electron chi connectivity index (χ2n) is 7.67. The number of carbonyl (C=O) groups excluding carboxylic acids is 1. The van der Waals surface area contributed by atoms with Gasteiger partial charge in [-0.25, -0.2) is 4.98 Å². The summed E-state index contributed by atoms with van der Waals surface area (Å²) in [4.78, 5) is 22.6. The molecule has 1 aliphatic carbocycles. The average Bonchev–Trinajstić information content (AvgIpc) is 3.56. The third kappa shape index (κ3) is 3.74. The van der Waals surface area contributed by atoms with Gasteiger partial charge in [0.1, 0.15) is 9.88 Å². The van der Waals surface area contributed by atoms with Crippen LogP contribution >= 0.6 is 11.3 Å². The topological polar surface area (TPSA) is 62.2 Å². The first-order valence-electron chi connectivity index (χ1n) is 10.1. The normalized spacial score (nSPS) is 16.9. The van der Waals surface area contributed by atoms with E-state index < -0.39 is 0 Å². The van der Waals surface area contributed by atoms with E-state index in [4.69, 9.17) is 0 Å². The van der Waals surface area contributed by atoms with Gasteiger partial charge in [-0.05, 0) is 31.9 Å². The summed E-state index contributed by atoms with van der Waals surface area (Å²) >= 11 is 1.48. The van der Waals surface area contributed by atoms with Crippen LogP contribution in [0.15, 0.2) is 42.5 Å². The zero-order valence-electron chi connectivity index (χ0n) is 16.4. The zero-order valence-corrected chi connectivity index (χ0v) is 17.2. The second-order valence-corrected chi connectivity index (χ2v) is 8.67. The van der Waals surface area contributed by atoms with Gasteiger partial charge in [-0.15, -0.1) is 16.4 Å². The van der Waals surface area contributed by atoms with Crippen molar-refractivity contribution in [3.63, 3.8) is 0 Å². The van der Waals surface area contributed by atoms with Gasteiger partial charge in [-0.1, -0.05) is 30.3 Å². The molecular formula is C22H23N5OS. The first-order valence-corrected chi connectivity index (χ1v) is 10.9. The fraction of sp³-hybridized carbons (Fsp3) is 0.364. The Morgan fingerprint density at radius 1 is 1.00 bits per heavy atom. The smallest absolute Gasteiger partial charge is 0.265 e. The van der Waals surface area contributed by atoms with Crippen molar-refractivity contribution in [1.82, 2.24) is 20.1 Å². The van der Waals surface area contributed by atoms with Crippen molar-refractivity contribution in [2.75, 3.05) is 31.1 Å². The Balaban J connectivity index is 1.25. The minimum atomic E-state index is 0.0806. The molecule has 2 aliphatic rings. The second kappa shape index (κ2) is 7.55. The Hall–Kier alpha value is -2.80. The van der Waals surface area contributed by atoms with Crippen LogP contribution in [-0.4, -0.2) is 52.2 Å². The Labute approximate surface area is 174 Å². The highest BCUT2D eigenvalue weighted by molar-refractivity contribution is 7.17. The number of benzene rings is 1. The van der Waals surface area contributed by atoms with Crippen molar-refractivity contribution in [2.45, 2.75) is 25.7 Å². The molecule has 6 nitrogen and oxygen atoms in total. The van der Waals surface area contributed by atoms with E-state index >= 15 is 0 Å². The SMILES string of the molecule is Cc1nc(-c2ccccc2)sc1C(=O)N1CCN(c2ccc(C3CC3)nn2)CC1. The number of anilines is 1. The molecule has 5 rings (SSSR count). The van der Waals surface area contributed by atoms with Gasteiger partial charge in [-0.3, -0.25) is 4.79 Å². The highest BCUT2D eigenvalue weighted by atomic mass is 32.1. The third-order valence-corrected chi connectivity index (χ3v) is 6.76. The molecule has 1 saturated heterocycles. The van der Waals surface area contributed by atoms with Crippen LogP contribution in [0, 0.1) is 6.92 Å². The van der Waals surface area contributed by atoms with Crippen molar-refractivity contribution in [2.24, 2.45) is 0 Å². The number of aromatic nitrogens is 3. The van der Waals surface area contributed by atoms with Gasteiger partial charge < -0.3 is 9.80 Å². The maximum absolute atomic E-state index is 13.1. The number of piperazine rings is 1. The molecule has 0 unspecified atom stereocenters. The van der Waals surface area contributed by atoms with Crippen LogP contribution in [0.4, 0.5) is 5.82 Å². The summed E-state index contributed by atoms with van der Waals surface area (Å²) in [7, 11) is 0. The number of nitrogens with zero attached hydrogens (tertiary/aromatic N) is 5. The van der Waals surface area contributed by atoms with E-state index in [2.05, 4.69) is 32.2 Å². The Morgan fingerprint density at radius 2 is 1.76 bits per heavy atom. The number of thiazole rings is 1. The number of hydrogen-bond donors (Lipinski definition) is 0. The molecule has 29 heavy (non-hydrogen) atoms. The minimum Gasteiger partial charge on any atom is -0.352 e. The third-order valence-electron chi connectivity index (χ3n) is 5.57. The van der Waals surface area contributed by atoms with Crippen LogP contribution in [0.5, 0.6) is 0 Å².